The van der Waals surface area contributed by atoms with E-state index in [1.165, 1.54) is 0 Å². The molecule has 2 rings (SSSR count). The van der Waals surface area contributed by atoms with Gasteiger partial charge in [0.05, 0.1) is 12.1 Å². The van der Waals surface area contributed by atoms with E-state index in [9.17, 15) is 0 Å². The summed E-state index contributed by atoms with van der Waals surface area (Å²) in [5.74, 6) is 1.36. The lowest BCUT2D eigenvalue weighted by Gasteiger charge is -2.06. The van der Waals surface area contributed by atoms with E-state index in [4.69, 9.17) is 5.11 Å². The Bertz CT molecular complexity index is 472. The van der Waals surface area contributed by atoms with Gasteiger partial charge < -0.3 is 10.4 Å². The summed E-state index contributed by atoms with van der Waals surface area (Å²) in [7, 11) is 0. The van der Waals surface area contributed by atoms with E-state index < -0.39 is 0 Å². The van der Waals surface area contributed by atoms with Crippen LogP contribution >= 0.6 is 0 Å². The number of pyridine rings is 1. The summed E-state index contributed by atoms with van der Waals surface area (Å²) in [6.45, 7) is 2.36. The van der Waals surface area contributed by atoms with Gasteiger partial charge in [0.25, 0.3) is 0 Å². The molecule has 2 aromatic rings. The highest BCUT2D eigenvalue weighted by atomic mass is 16.3. The Hall–Kier alpha value is -1.75. The summed E-state index contributed by atoms with van der Waals surface area (Å²) in [6.07, 6.45) is 1.70. The van der Waals surface area contributed by atoms with Crippen molar-refractivity contribution < 1.29 is 5.11 Å². The zero-order valence-electron chi connectivity index (χ0n) is 8.44. The van der Waals surface area contributed by atoms with Crippen molar-refractivity contribution in [2.24, 2.45) is 0 Å². The number of anilines is 1. The minimum absolute atomic E-state index is 0.0668. The van der Waals surface area contributed by atoms with Crippen LogP contribution in [0, 0.1) is 6.92 Å². The Morgan fingerprint density at radius 3 is 3.07 bits per heavy atom. The summed E-state index contributed by atoms with van der Waals surface area (Å²) in [5, 5.41) is 11.8. The van der Waals surface area contributed by atoms with Crippen LogP contribution in [0.2, 0.25) is 0 Å². The van der Waals surface area contributed by atoms with Crippen LogP contribution in [0.25, 0.3) is 11.0 Å². The van der Waals surface area contributed by atoms with Crippen LogP contribution < -0.4 is 5.32 Å². The van der Waals surface area contributed by atoms with Gasteiger partial charge in [-0.25, -0.2) is 9.97 Å². The van der Waals surface area contributed by atoms with Gasteiger partial charge >= 0.3 is 0 Å². The van der Waals surface area contributed by atoms with Crippen molar-refractivity contribution in [1.82, 2.24) is 15.0 Å². The fourth-order valence-corrected chi connectivity index (χ4v) is 1.38. The van der Waals surface area contributed by atoms with Gasteiger partial charge in [-0.2, -0.15) is 0 Å². The Morgan fingerprint density at radius 1 is 1.40 bits per heavy atom. The Labute approximate surface area is 87.2 Å². The van der Waals surface area contributed by atoms with Crippen LogP contribution in [-0.2, 0) is 0 Å². The fourth-order valence-electron chi connectivity index (χ4n) is 1.38. The maximum atomic E-state index is 8.74. The van der Waals surface area contributed by atoms with E-state index in [1.54, 1.807) is 6.20 Å². The topological polar surface area (TPSA) is 70.9 Å². The lowest BCUT2D eigenvalue weighted by molar-refractivity contribution is 0.311. The summed E-state index contributed by atoms with van der Waals surface area (Å²) < 4.78 is 0. The normalized spacial score (nSPS) is 10.5. The Balaban J connectivity index is 2.50. The molecule has 0 radical (unpaired) electrons. The molecule has 0 atom stereocenters. The van der Waals surface area contributed by atoms with Crippen LogP contribution in [0.5, 0.6) is 0 Å². The first kappa shape index (κ1) is 9.79. The average Bonchev–Trinajstić information content (AvgIpc) is 2.25. The van der Waals surface area contributed by atoms with E-state index in [-0.39, 0.29) is 6.61 Å². The molecule has 0 fully saturated rings. The van der Waals surface area contributed by atoms with Crippen LogP contribution in [0.1, 0.15) is 5.82 Å². The molecule has 0 saturated carbocycles. The van der Waals surface area contributed by atoms with Gasteiger partial charge in [0.1, 0.15) is 11.3 Å². The average molecular weight is 204 g/mol. The molecule has 0 aromatic carbocycles. The monoisotopic (exact) mass is 204 g/mol. The lowest BCUT2D eigenvalue weighted by atomic mass is 10.3. The summed E-state index contributed by atoms with van der Waals surface area (Å²) in [5.41, 5.74) is 1.54. The van der Waals surface area contributed by atoms with Crippen LogP contribution in [0.4, 0.5) is 5.82 Å². The first-order chi connectivity index (χ1) is 7.31. The van der Waals surface area contributed by atoms with Crippen molar-refractivity contribution in [3.63, 3.8) is 0 Å². The van der Waals surface area contributed by atoms with Crippen molar-refractivity contribution >= 4 is 16.9 Å². The molecule has 0 amide bonds. The third kappa shape index (κ3) is 2.02. The molecule has 78 valence electrons. The summed E-state index contributed by atoms with van der Waals surface area (Å²) in [4.78, 5) is 12.7. The standard InChI is InChI=1S/C10H12N4O/c1-7-13-8-3-2-4-11-9(8)10(14-7)12-5-6-15/h2-4,15H,5-6H2,1H3,(H,12,13,14). The molecular formula is C10H12N4O. The number of aryl methyl sites for hydroxylation is 1. The molecule has 15 heavy (non-hydrogen) atoms. The van der Waals surface area contributed by atoms with E-state index in [2.05, 4.69) is 20.3 Å². The first-order valence-corrected chi connectivity index (χ1v) is 4.75. The van der Waals surface area contributed by atoms with Gasteiger partial charge in [-0.3, -0.25) is 4.98 Å². The smallest absolute Gasteiger partial charge is 0.156 e. The lowest BCUT2D eigenvalue weighted by Crippen LogP contribution is -2.09. The summed E-state index contributed by atoms with van der Waals surface area (Å²) >= 11 is 0. The highest BCUT2D eigenvalue weighted by Gasteiger charge is 2.05. The van der Waals surface area contributed by atoms with E-state index >= 15 is 0 Å². The van der Waals surface area contributed by atoms with E-state index in [0.29, 0.717) is 18.2 Å². The van der Waals surface area contributed by atoms with Crippen molar-refractivity contribution in [2.45, 2.75) is 6.92 Å². The maximum absolute atomic E-state index is 8.74. The number of hydrogen-bond acceptors (Lipinski definition) is 5. The van der Waals surface area contributed by atoms with Crippen molar-refractivity contribution in [1.29, 1.82) is 0 Å². The van der Waals surface area contributed by atoms with Crippen molar-refractivity contribution in [3.8, 4) is 0 Å². The third-order valence-electron chi connectivity index (χ3n) is 1.97. The molecule has 2 N–H and O–H groups in total. The number of nitrogens with zero attached hydrogens (tertiary/aromatic N) is 3. The van der Waals surface area contributed by atoms with Gasteiger partial charge in [-0.1, -0.05) is 0 Å². The molecule has 0 spiro atoms. The highest BCUT2D eigenvalue weighted by Crippen LogP contribution is 2.16. The van der Waals surface area contributed by atoms with Gasteiger partial charge in [0.2, 0.25) is 0 Å². The number of fused-ring (bicyclic) bond motifs is 1. The minimum atomic E-state index is 0.0668. The number of aliphatic hydroxyl groups excluding tert-OH is 1. The Kier molecular flexibility index (Phi) is 2.73. The van der Waals surface area contributed by atoms with E-state index in [1.807, 2.05) is 19.1 Å². The van der Waals surface area contributed by atoms with Gasteiger partial charge in [0, 0.05) is 12.7 Å². The minimum Gasteiger partial charge on any atom is -0.395 e. The van der Waals surface area contributed by atoms with Crippen LogP contribution in [0.3, 0.4) is 0 Å². The number of aliphatic hydroxyl groups is 1. The van der Waals surface area contributed by atoms with Gasteiger partial charge in [-0.15, -0.1) is 0 Å². The second-order valence-electron chi connectivity index (χ2n) is 3.14. The second kappa shape index (κ2) is 4.18. The Morgan fingerprint density at radius 2 is 2.27 bits per heavy atom. The molecule has 5 heteroatoms. The molecule has 0 unspecified atom stereocenters. The number of rotatable bonds is 3. The summed E-state index contributed by atoms with van der Waals surface area (Å²) in [6, 6.07) is 3.73. The number of nitrogens with one attached hydrogen (secondary N) is 1. The number of hydrogen-bond donors (Lipinski definition) is 2. The quantitative estimate of drug-likeness (QED) is 0.771. The van der Waals surface area contributed by atoms with Crippen molar-refractivity contribution in [3.05, 3.63) is 24.2 Å². The van der Waals surface area contributed by atoms with Crippen LogP contribution in [-0.4, -0.2) is 33.2 Å². The van der Waals surface area contributed by atoms with Gasteiger partial charge in [-0.05, 0) is 19.1 Å². The maximum Gasteiger partial charge on any atom is 0.156 e. The predicted octanol–water partition coefficient (Wildman–Crippen LogP) is 0.737. The van der Waals surface area contributed by atoms with Crippen molar-refractivity contribution in [2.75, 3.05) is 18.5 Å². The molecule has 0 aliphatic rings. The largest absolute Gasteiger partial charge is 0.395 e. The fraction of sp³-hybridized carbons (Fsp3) is 0.300. The highest BCUT2D eigenvalue weighted by molar-refractivity contribution is 5.84. The second-order valence-corrected chi connectivity index (χ2v) is 3.14. The zero-order valence-corrected chi connectivity index (χ0v) is 8.44. The molecule has 0 saturated heterocycles. The predicted molar refractivity (Wildman–Crippen MR) is 57.6 cm³/mol. The molecule has 0 aliphatic carbocycles. The molecule has 2 heterocycles. The SMILES string of the molecule is Cc1nc(NCCO)c2ncccc2n1. The van der Waals surface area contributed by atoms with Gasteiger partial charge in [0.15, 0.2) is 5.82 Å². The molecular weight excluding hydrogens is 192 g/mol. The van der Waals surface area contributed by atoms with E-state index in [0.717, 1.165) is 11.0 Å². The molecule has 5 nitrogen and oxygen atoms in total. The molecule has 0 bridgehead atoms. The number of aromatic nitrogens is 3. The molecule has 0 aliphatic heterocycles. The third-order valence-corrected chi connectivity index (χ3v) is 1.97. The van der Waals surface area contributed by atoms with Crippen LogP contribution in [0.15, 0.2) is 18.3 Å². The first-order valence-electron chi connectivity index (χ1n) is 4.75. The molecule has 2 aromatic heterocycles. The zero-order chi connectivity index (χ0) is 10.7.